The van der Waals surface area contributed by atoms with Crippen molar-refractivity contribution in [2.45, 2.75) is 33.1 Å². The van der Waals surface area contributed by atoms with Gasteiger partial charge >= 0.3 is 0 Å². The van der Waals surface area contributed by atoms with Crippen LogP contribution in [-0.2, 0) is 22.4 Å². The molecule has 2 amide bonds. The van der Waals surface area contributed by atoms with Crippen LogP contribution in [0.25, 0.3) is 0 Å². The first-order valence-corrected chi connectivity index (χ1v) is 9.39. The molecule has 2 aromatic carbocycles. The van der Waals surface area contributed by atoms with Gasteiger partial charge in [-0.3, -0.25) is 9.59 Å². The number of halogens is 1. The van der Waals surface area contributed by atoms with Gasteiger partial charge in [-0.25, -0.2) is 0 Å². The van der Waals surface area contributed by atoms with Crippen LogP contribution in [0.4, 0.5) is 11.4 Å². The number of carbonyl (C=O) groups excluding carboxylic acids is 2. The molecule has 0 bridgehead atoms. The van der Waals surface area contributed by atoms with Crippen molar-refractivity contribution in [1.29, 1.82) is 0 Å². The molecule has 0 aliphatic carbocycles. The van der Waals surface area contributed by atoms with E-state index >= 15 is 0 Å². The van der Waals surface area contributed by atoms with Gasteiger partial charge < -0.3 is 10.2 Å². The summed E-state index contributed by atoms with van der Waals surface area (Å²) in [5.74, 6) is -0.547. The van der Waals surface area contributed by atoms with Crippen LogP contribution in [0.5, 0.6) is 0 Å². The maximum Gasteiger partial charge on any atom is 0.229 e. The van der Waals surface area contributed by atoms with E-state index in [1.165, 1.54) is 0 Å². The standard InChI is InChI=1S/C21H23ClN2O2/c1-3-14-8-7-9-15(4-2)20(14)24-13-16(12-19(24)25)21(26)23-18-11-6-5-10-17(18)22/h5-11,16H,3-4,12-13H2,1-2H3,(H,23,26)/t16-/m1/s1. The van der Waals surface area contributed by atoms with E-state index in [-0.39, 0.29) is 24.2 Å². The number of nitrogens with one attached hydrogen (secondary N) is 1. The lowest BCUT2D eigenvalue weighted by atomic mass is 10.0. The predicted molar refractivity (Wildman–Crippen MR) is 106 cm³/mol. The number of anilines is 2. The van der Waals surface area contributed by atoms with Crippen LogP contribution in [-0.4, -0.2) is 18.4 Å². The largest absolute Gasteiger partial charge is 0.324 e. The minimum absolute atomic E-state index is 0.0000846. The number of hydrogen-bond donors (Lipinski definition) is 1. The zero-order valence-corrected chi connectivity index (χ0v) is 15.8. The van der Waals surface area contributed by atoms with Crippen LogP contribution in [0.2, 0.25) is 5.02 Å². The van der Waals surface area contributed by atoms with E-state index in [2.05, 4.69) is 31.3 Å². The molecule has 1 N–H and O–H groups in total. The van der Waals surface area contributed by atoms with E-state index in [0.29, 0.717) is 17.3 Å². The van der Waals surface area contributed by atoms with Crippen molar-refractivity contribution in [2.24, 2.45) is 5.92 Å². The minimum atomic E-state index is -0.381. The summed E-state index contributed by atoms with van der Waals surface area (Å²) in [5, 5.41) is 3.34. The molecule has 0 radical (unpaired) electrons. The van der Waals surface area contributed by atoms with E-state index in [1.807, 2.05) is 18.2 Å². The molecule has 26 heavy (non-hydrogen) atoms. The molecule has 1 fully saturated rings. The molecule has 1 atom stereocenters. The van der Waals surface area contributed by atoms with Crippen LogP contribution in [0.3, 0.4) is 0 Å². The third-order valence-corrected chi connectivity index (χ3v) is 5.19. The fourth-order valence-electron chi connectivity index (χ4n) is 3.46. The lowest BCUT2D eigenvalue weighted by Crippen LogP contribution is -2.29. The van der Waals surface area contributed by atoms with Gasteiger partial charge in [0.05, 0.1) is 16.6 Å². The summed E-state index contributed by atoms with van der Waals surface area (Å²) >= 11 is 6.12. The normalized spacial score (nSPS) is 16.8. The number of para-hydroxylation sites is 2. The van der Waals surface area contributed by atoms with E-state index in [0.717, 1.165) is 29.7 Å². The second-order valence-corrected chi connectivity index (χ2v) is 6.91. The van der Waals surface area contributed by atoms with E-state index in [4.69, 9.17) is 11.6 Å². The van der Waals surface area contributed by atoms with Crippen LogP contribution in [0.1, 0.15) is 31.4 Å². The minimum Gasteiger partial charge on any atom is -0.324 e. The maximum absolute atomic E-state index is 12.7. The topological polar surface area (TPSA) is 49.4 Å². The lowest BCUT2D eigenvalue weighted by Gasteiger charge is -2.23. The summed E-state index contributed by atoms with van der Waals surface area (Å²) in [6.45, 7) is 4.57. The van der Waals surface area contributed by atoms with E-state index < -0.39 is 0 Å². The maximum atomic E-state index is 12.7. The van der Waals surface area contributed by atoms with E-state index in [9.17, 15) is 9.59 Å². The van der Waals surface area contributed by atoms with Crippen molar-refractivity contribution in [3.63, 3.8) is 0 Å². The number of rotatable bonds is 5. The van der Waals surface area contributed by atoms with Gasteiger partial charge in [0, 0.05) is 18.7 Å². The van der Waals surface area contributed by atoms with Gasteiger partial charge in [-0.05, 0) is 36.1 Å². The zero-order valence-electron chi connectivity index (χ0n) is 15.1. The molecule has 1 heterocycles. The highest BCUT2D eigenvalue weighted by atomic mass is 35.5. The van der Waals surface area contributed by atoms with Crippen LogP contribution >= 0.6 is 11.6 Å². The molecule has 3 rings (SSSR count). The highest BCUT2D eigenvalue weighted by Gasteiger charge is 2.36. The fourth-order valence-corrected chi connectivity index (χ4v) is 3.64. The molecule has 1 saturated heterocycles. The highest BCUT2D eigenvalue weighted by molar-refractivity contribution is 6.33. The quantitative estimate of drug-likeness (QED) is 0.844. The Morgan fingerprint density at radius 3 is 2.38 bits per heavy atom. The second-order valence-electron chi connectivity index (χ2n) is 6.51. The smallest absolute Gasteiger partial charge is 0.229 e. The number of benzene rings is 2. The zero-order chi connectivity index (χ0) is 18.7. The molecule has 0 spiro atoms. The van der Waals surface area contributed by atoms with Gasteiger partial charge in [0.15, 0.2) is 0 Å². The van der Waals surface area contributed by atoms with Crippen molar-refractivity contribution in [3.8, 4) is 0 Å². The van der Waals surface area contributed by atoms with Gasteiger partial charge in [0.1, 0.15) is 0 Å². The van der Waals surface area contributed by atoms with Gasteiger partial charge in [0.25, 0.3) is 0 Å². The number of amides is 2. The lowest BCUT2D eigenvalue weighted by molar-refractivity contribution is -0.122. The predicted octanol–water partition coefficient (Wildman–Crippen LogP) is 4.46. The Kier molecular flexibility index (Phi) is 5.62. The molecule has 0 aromatic heterocycles. The van der Waals surface area contributed by atoms with Crippen molar-refractivity contribution in [1.82, 2.24) is 0 Å². The third kappa shape index (κ3) is 3.61. The summed E-state index contributed by atoms with van der Waals surface area (Å²) in [7, 11) is 0. The number of carbonyl (C=O) groups is 2. The summed E-state index contributed by atoms with van der Waals surface area (Å²) in [6, 6.07) is 13.3. The Balaban J connectivity index is 1.81. The van der Waals surface area contributed by atoms with Crippen LogP contribution < -0.4 is 10.2 Å². The van der Waals surface area contributed by atoms with Gasteiger partial charge in [0.2, 0.25) is 11.8 Å². The van der Waals surface area contributed by atoms with Gasteiger partial charge in [-0.15, -0.1) is 0 Å². The average molecular weight is 371 g/mol. The summed E-state index contributed by atoms with van der Waals surface area (Å²) in [6.07, 6.45) is 1.92. The molecular formula is C21H23ClN2O2. The molecular weight excluding hydrogens is 348 g/mol. The van der Waals surface area contributed by atoms with Crippen LogP contribution in [0.15, 0.2) is 42.5 Å². The van der Waals surface area contributed by atoms with Crippen LogP contribution in [0, 0.1) is 5.92 Å². The number of aryl methyl sites for hydroxylation is 2. The summed E-state index contributed by atoms with van der Waals surface area (Å²) in [4.78, 5) is 27.1. The monoisotopic (exact) mass is 370 g/mol. The first-order valence-electron chi connectivity index (χ1n) is 9.01. The average Bonchev–Trinajstić information content (AvgIpc) is 3.04. The molecule has 4 nitrogen and oxygen atoms in total. The van der Waals surface area contributed by atoms with Crippen molar-refractivity contribution in [2.75, 3.05) is 16.8 Å². The SMILES string of the molecule is CCc1cccc(CC)c1N1C[C@H](C(=O)Nc2ccccc2Cl)CC1=O. The molecule has 2 aromatic rings. The second kappa shape index (κ2) is 7.92. The molecule has 1 aliphatic heterocycles. The van der Waals surface area contributed by atoms with Gasteiger partial charge in [-0.2, -0.15) is 0 Å². The van der Waals surface area contributed by atoms with Gasteiger partial charge in [-0.1, -0.05) is 55.8 Å². The fraction of sp³-hybridized carbons (Fsp3) is 0.333. The molecule has 0 unspecified atom stereocenters. The van der Waals surface area contributed by atoms with Crippen molar-refractivity contribution < 1.29 is 9.59 Å². The molecule has 0 saturated carbocycles. The Bertz CT molecular complexity index is 812. The Labute approximate surface area is 159 Å². The first kappa shape index (κ1) is 18.5. The first-order chi connectivity index (χ1) is 12.5. The molecule has 136 valence electrons. The highest BCUT2D eigenvalue weighted by Crippen LogP contribution is 2.33. The Hall–Kier alpha value is -2.33. The third-order valence-electron chi connectivity index (χ3n) is 4.86. The number of hydrogen-bond acceptors (Lipinski definition) is 2. The van der Waals surface area contributed by atoms with Crippen molar-refractivity contribution in [3.05, 3.63) is 58.6 Å². The van der Waals surface area contributed by atoms with E-state index in [1.54, 1.807) is 17.0 Å². The molecule has 1 aliphatic rings. The summed E-state index contributed by atoms with van der Waals surface area (Å²) in [5.41, 5.74) is 3.85. The molecule has 5 heteroatoms. The number of nitrogens with zero attached hydrogens (tertiary/aromatic N) is 1. The summed E-state index contributed by atoms with van der Waals surface area (Å²) < 4.78 is 0. The Morgan fingerprint density at radius 2 is 1.77 bits per heavy atom. The van der Waals surface area contributed by atoms with Crippen molar-refractivity contribution >= 4 is 34.8 Å². The Morgan fingerprint density at radius 1 is 1.12 bits per heavy atom.